The summed E-state index contributed by atoms with van der Waals surface area (Å²) in [5.41, 5.74) is -2.01. The van der Waals surface area contributed by atoms with E-state index in [1.165, 1.54) is 12.3 Å². The lowest BCUT2D eigenvalue weighted by Crippen LogP contribution is -2.48. The van der Waals surface area contributed by atoms with Crippen molar-refractivity contribution >= 4 is 22.0 Å². The summed E-state index contributed by atoms with van der Waals surface area (Å²) in [6.07, 6.45) is 0.108. The van der Waals surface area contributed by atoms with Crippen LogP contribution in [0, 0.1) is 11.9 Å². The topological polar surface area (TPSA) is 53.4 Å². The monoisotopic (exact) mass is 334 g/mol. The summed E-state index contributed by atoms with van der Waals surface area (Å²) in [5.74, 6) is -1.48. The Morgan fingerprint density at radius 1 is 1.68 bits per heavy atom. The zero-order chi connectivity index (χ0) is 14.2. The number of carboxylic acid groups (broad SMARTS) is 1. The molecule has 0 aromatic carbocycles. The van der Waals surface area contributed by atoms with E-state index in [1.54, 1.807) is 6.92 Å². The summed E-state index contributed by atoms with van der Waals surface area (Å²) in [5, 5.41) is 8.91. The average molecular weight is 335 g/mol. The lowest BCUT2D eigenvalue weighted by atomic mass is 9.79. The summed E-state index contributed by atoms with van der Waals surface area (Å²) in [6.45, 7) is 1.66. The molecule has 0 spiro atoms. The first-order valence-corrected chi connectivity index (χ1v) is 6.62. The van der Waals surface area contributed by atoms with Crippen molar-refractivity contribution in [2.75, 3.05) is 13.1 Å². The number of halogens is 3. The predicted molar refractivity (Wildman–Crippen MR) is 68.1 cm³/mol. The normalized spacial score (nSPS) is 27.4. The maximum atomic E-state index is 15.1. The molecule has 2 rings (SSSR count). The lowest BCUT2D eigenvalue weighted by Gasteiger charge is -2.40. The van der Waals surface area contributed by atoms with Crippen LogP contribution in [-0.2, 0) is 5.67 Å². The van der Waals surface area contributed by atoms with Gasteiger partial charge in [0.1, 0.15) is 5.67 Å². The Hall–Kier alpha value is -1.24. The number of aromatic nitrogens is 1. The molecule has 7 heteroatoms. The van der Waals surface area contributed by atoms with E-state index < -0.39 is 23.6 Å². The SMILES string of the molecule is C[C@H]1CN(C(=O)O)CC[C@]1(F)c1cc(Br)cnc1F. The van der Waals surface area contributed by atoms with Gasteiger partial charge in [0.05, 0.1) is 0 Å². The van der Waals surface area contributed by atoms with Crippen molar-refractivity contribution in [2.24, 2.45) is 5.92 Å². The van der Waals surface area contributed by atoms with Gasteiger partial charge < -0.3 is 10.0 Å². The van der Waals surface area contributed by atoms with Crippen molar-refractivity contribution in [3.63, 3.8) is 0 Å². The van der Waals surface area contributed by atoms with E-state index in [9.17, 15) is 9.18 Å². The second kappa shape index (κ2) is 5.03. The van der Waals surface area contributed by atoms with E-state index in [-0.39, 0.29) is 25.1 Å². The fourth-order valence-electron chi connectivity index (χ4n) is 2.40. The van der Waals surface area contributed by atoms with Crippen LogP contribution in [-0.4, -0.2) is 34.2 Å². The molecule has 4 nitrogen and oxygen atoms in total. The van der Waals surface area contributed by atoms with Crippen LogP contribution in [0.1, 0.15) is 18.9 Å². The highest BCUT2D eigenvalue weighted by molar-refractivity contribution is 9.10. The van der Waals surface area contributed by atoms with E-state index in [4.69, 9.17) is 5.11 Å². The molecule has 0 aliphatic carbocycles. The number of rotatable bonds is 1. The molecule has 1 aliphatic rings. The van der Waals surface area contributed by atoms with Crippen molar-refractivity contribution in [3.8, 4) is 0 Å². The van der Waals surface area contributed by atoms with Gasteiger partial charge in [-0.1, -0.05) is 6.92 Å². The van der Waals surface area contributed by atoms with Crippen molar-refractivity contribution in [1.29, 1.82) is 0 Å². The maximum Gasteiger partial charge on any atom is 0.407 e. The number of alkyl halides is 1. The van der Waals surface area contributed by atoms with Crippen molar-refractivity contribution in [1.82, 2.24) is 9.88 Å². The number of amides is 1. The Labute approximate surface area is 117 Å². The standard InChI is InChI=1S/C12H13BrF2N2O2/c1-7-6-17(11(18)19)3-2-12(7,15)9-4-8(13)5-16-10(9)14/h4-5,7H,2-3,6H2,1H3,(H,18,19)/t7-,12+/m0/s1. The summed E-state index contributed by atoms with van der Waals surface area (Å²) >= 11 is 3.14. The van der Waals surface area contributed by atoms with Gasteiger partial charge in [-0.15, -0.1) is 0 Å². The Bertz CT molecular complexity index is 515. The molecular formula is C12H13BrF2N2O2. The van der Waals surface area contributed by atoms with Crippen molar-refractivity contribution in [2.45, 2.75) is 19.0 Å². The van der Waals surface area contributed by atoms with Crippen molar-refractivity contribution in [3.05, 3.63) is 28.2 Å². The van der Waals surface area contributed by atoms with Crippen molar-refractivity contribution < 1.29 is 18.7 Å². The van der Waals surface area contributed by atoms with Gasteiger partial charge in [-0.25, -0.2) is 14.2 Å². The van der Waals surface area contributed by atoms with Gasteiger partial charge >= 0.3 is 6.09 Å². The molecule has 2 atom stereocenters. The molecule has 0 unspecified atom stereocenters. The second-order valence-corrected chi connectivity index (χ2v) is 5.65. The van der Waals surface area contributed by atoms with Gasteiger partial charge in [0.15, 0.2) is 0 Å². The Morgan fingerprint density at radius 3 is 2.95 bits per heavy atom. The molecule has 0 bridgehead atoms. The van der Waals surface area contributed by atoms with E-state index in [1.807, 2.05) is 0 Å². The number of pyridine rings is 1. The number of hydrogen-bond donors (Lipinski definition) is 1. The minimum absolute atomic E-state index is 0.0395. The molecule has 104 valence electrons. The summed E-state index contributed by atoms with van der Waals surface area (Å²) < 4.78 is 29.3. The number of piperidine rings is 1. The zero-order valence-corrected chi connectivity index (χ0v) is 11.8. The van der Waals surface area contributed by atoms with Crippen LogP contribution in [0.3, 0.4) is 0 Å². The zero-order valence-electron chi connectivity index (χ0n) is 10.2. The largest absolute Gasteiger partial charge is 0.465 e. The van der Waals surface area contributed by atoms with Crippen LogP contribution in [0.5, 0.6) is 0 Å². The minimum atomic E-state index is -1.90. The third kappa shape index (κ3) is 2.56. The highest BCUT2D eigenvalue weighted by Crippen LogP contribution is 2.42. The van der Waals surface area contributed by atoms with Gasteiger partial charge in [-0.05, 0) is 22.0 Å². The van der Waals surface area contributed by atoms with Crippen LogP contribution in [0.4, 0.5) is 13.6 Å². The first-order valence-electron chi connectivity index (χ1n) is 5.83. The number of carbonyl (C=O) groups is 1. The van der Waals surface area contributed by atoms with Crippen LogP contribution >= 0.6 is 15.9 Å². The highest BCUT2D eigenvalue weighted by atomic mass is 79.9. The summed E-state index contributed by atoms with van der Waals surface area (Å²) in [4.78, 5) is 15.5. The number of nitrogens with zero attached hydrogens (tertiary/aromatic N) is 2. The van der Waals surface area contributed by atoms with Gasteiger partial charge in [-0.3, -0.25) is 0 Å². The number of likely N-dealkylation sites (tertiary alicyclic amines) is 1. The Kier molecular flexibility index (Phi) is 3.75. The maximum absolute atomic E-state index is 15.1. The fraction of sp³-hybridized carbons (Fsp3) is 0.500. The van der Waals surface area contributed by atoms with Gasteiger partial charge in [-0.2, -0.15) is 4.39 Å². The van der Waals surface area contributed by atoms with E-state index in [0.29, 0.717) is 4.47 Å². The van der Waals surface area contributed by atoms with Crippen LogP contribution in [0.25, 0.3) is 0 Å². The van der Waals surface area contributed by atoms with Gasteiger partial charge in [0.25, 0.3) is 0 Å². The Morgan fingerprint density at radius 2 is 2.37 bits per heavy atom. The first kappa shape index (κ1) is 14.2. The van der Waals surface area contributed by atoms with Crippen LogP contribution < -0.4 is 0 Å². The molecule has 0 saturated carbocycles. The van der Waals surface area contributed by atoms with Gasteiger partial charge in [0, 0.05) is 41.7 Å². The van der Waals surface area contributed by atoms with Crippen LogP contribution in [0.2, 0.25) is 0 Å². The smallest absolute Gasteiger partial charge is 0.407 e. The quantitative estimate of drug-likeness (QED) is 0.802. The molecule has 2 heterocycles. The molecule has 0 radical (unpaired) electrons. The molecule has 19 heavy (non-hydrogen) atoms. The molecular weight excluding hydrogens is 322 g/mol. The minimum Gasteiger partial charge on any atom is -0.465 e. The number of hydrogen-bond acceptors (Lipinski definition) is 2. The first-order chi connectivity index (χ1) is 8.84. The molecule has 1 saturated heterocycles. The summed E-state index contributed by atoms with van der Waals surface area (Å²) in [6, 6.07) is 1.37. The van der Waals surface area contributed by atoms with E-state index >= 15 is 4.39 Å². The molecule has 1 fully saturated rings. The highest BCUT2D eigenvalue weighted by Gasteiger charge is 2.45. The third-order valence-electron chi connectivity index (χ3n) is 3.54. The van der Waals surface area contributed by atoms with Crippen LogP contribution in [0.15, 0.2) is 16.7 Å². The predicted octanol–water partition coefficient (Wildman–Crippen LogP) is 3.17. The molecule has 1 amide bonds. The summed E-state index contributed by atoms with van der Waals surface area (Å²) in [7, 11) is 0. The fourth-order valence-corrected chi connectivity index (χ4v) is 2.73. The third-order valence-corrected chi connectivity index (χ3v) is 3.98. The lowest BCUT2D eigenvalue weighted by molar-refractivity contribution is 0.00348. The van der Waals surface area contributed by atoms with Gasteiger partial charge in [0.2, 0.25) is 5.95 Å². The molecule has 1 aromatic heterocycles. The molecule has 1 aliphatic heterocycles. The van der Waals surface area contributed by atoms with E-state index in [2.05, 4.69) is 20.9 Å². The molecule has 1 aromatic rings. The van der Waals surface area contributed by atoms with E-state index in [0.717, 1.165) is 4.90 Å². The average Bonchev–Trinajstić information content (AvgIpc) is 2.35. The second-order valence-electron chi connectivity index (χ2n) is 4.73. The Balaban J connectivity index is 2.33. The molecule has 1 N–H and O–H groups in total.